The van der Waals surface area contributed by atoms with Gasteiger partial charge in [0, 0.05) is 6.26 Å². The molecule has 4 heteroatoms. The maximum absolute atomic E-state index is 11.2. The summed E-state index contributed by atoms with van der Waals surface area (Å²) in [7, 11) is -2.95. The van der Waals surface area contributed by atoms with Crippen LogP contribution in [0.1, 0.15) is 42.1 Å². The number of sulfone groups is 1. The summed E-state index contributed by atoms with van der Waals surface area (Å²) >= 11 is 3.42. The van der Waals surface area contributed by atoms with E-state index in [9.17, 15) is 8.42 Å². The lowest BCUT2D eigenvalue weighted by Crippen LogP contribution is -2.08. The molecule has 0 N–H and O–H groups in total. The average Bonchev–Trinajstić information content (AvgIpc) is 2.26. The van der Waals surface area contributed by atoms with E-state index in [1.807, 2.05) is 12.1 Å². The first-order valence-electron chi connectivity index (χ1n) is 5.75. The van der Waals surface area contributed by atoms with Gasteiger partial charge in [-0.2, -0.15) is 0 Å². The Labute approximate surface area is 112 Å². The van der Waals surface area contributed by atoms with E-state index in [0.717, 1.165) is 12.0 Å². The summed E-state index contributed by atoms with van der Waals surface area (Å²) in [6.45, 7) is 4.35. The molecular weight excluding hydrogens is 300 g/mol. The van der Waals surface area contributed by atoms with Crippen molar-refractivity contribution in [3.63, 3.8) is 0 Å². The van der Waals surface area contributed by atoms with Crippen molar-refractivity contribution in [2.24, 2.45) is 0 Å². The molecule has 0 aliphatic carbocycles. The van der Waals surface area contributed by atoms with Crippen molar-refractivity contribution in [2.45, 2.75) is 31.0 Å². The maximum Gasteiger partial charge on any atom is 0.148 e. The van der Waals surface area contributed by atoms with Gasteiger partial charge in [-0.1, -0.05) is 54.0 Å². The van der Waals surface area contributed by atoms with Crippen LogP contribution in [0.25, 0.3) is 0 Å². The zero-order valence-electron chi connectivity index (χ0n) is 10.5. The summed E-state index contributed by atoms with van der Waals surface area (Å²) < 4.78 is 22.4. The second-order valence-corrected chi connectivity index (χ2v) is 7.83. The predicted molar refractivity (Wildman–Crippen MR) is 76.5 cm³/mol. The van der Waals surface area contributed by atoms with Crippen molar-refractivity contribution in [1.82, 2.24) is 0 Å². The molecule has 0 bridgehead atoms. The molecule has 0 amide bonds. The third kappa shape index (κ3) is 4.80. The Bertz CT molecular complexity index is 451. The first kappa shape index (κ1) is 14.7. The van der Waals surface area contributed by atoms with Gasteiger partial charge in [0.25, 0.3) is 0 Å². The molecule has 0 fully saturated rings. The van der Waals surface area contributed by atoms with Gasteiger partial charge in [0.05, 0.1) is 10.6 Å². The van der Waals surface area contributed by atoms with Crippen LogP contribution in [0.4, 0.5) is 0 Å². The first-order chi connectivity index (χ1) is 7.83. The minimum absolute atomic E-state index is 0.122. The highest BCUT2D eigenvalue weighted by molar-refractivity contribution is 9.09. The van der Waals surface area contributed by atoms with Gasteiger partial charge in [-0.15, -0.1) is 0 Å². The Morgan fingerprint density at radius 3 is 2.06 bits per heavy atom. The van der Waals surface area contributed by atoms with Crippen molar-refractivity contribution >= 4 is 25.8 Å². The Morgan fingerprint density at radius 1 is 1.18 bits per heavy atom. The van der Waals surface area contributed by atoms with E-state index in [2.05, 4.69) is 41.9 Å². The molecular formula is C13H19BrO2S. The van der Waals surface area contributed by atoms with Gasteiger partial charge >= 0.3 is 0 Å². The molecule has 0 aliphatic rings. The van der Waals surface area contributed by atoms with Crippen molar-refractivity contribution in [3.8, 4) is 0 Å². The zero-order chi connectivity index (χ0) is 13.1. The van der Waals surface area contributed by atoms with E-state index in [1.165, 1.54) is 11.8 Å². The normalized spacial score (nSPS) is 15.5. The predicted octanol–water partition coefficient (Wildman–Crippen LogP) is 3.68. The van der Waals surface area contributed by atoms with Crippen LogP contribution in [0.15, 0.2) is 24.3 Å². The summed E-state index contributed by atoms with van der Waals surface area (Å²) in [5.41, 5.74) is 2.32. The summed E-state index contributed by atoms with van der Waals surface area (Å²) in [5.74, 6) is 0.683. The number of hydrogen-bond acceptors (Lipinski definition) is 2. The summed E-state index contributed by atoms with van der Waals surface area (Å²) in [6.07, 6.45) is 2.37. The van der Waals surface area contributed by atoms with Crippen LogP contribution in [-0.4, -0.2) is 20.4 Å². The highest BCUT2D eigenvalue weighted by Gasteiger charge is 2.14. The minimum atomic E-state index is -2.95. The van der Waals surface area contributed by atoms with Crippen LogP contribution >= 0.6 is 15.9 Å². The third-order valence-electron chi connectivity index (χ3n) is 2.93. The minimum Gasteiger partial charge on any atom is -0.229 e. The molecule has 1 aromatic carbocycles. The largest absolute Gasteiger partial charge is 0.229 e. The smallest absolute Gasteiger partial charge is 0.148 e. The quantitative estimate of drug-likeness (QED) is 0.776. The van der Waals surface area contributed by atoms with Gasteiger partial charge in [-0.05, 0) is 23.5 Å². The molecule has 0 aromatic heterocycles. The van der Waals surface area contributed by atoms with Crippen LogP contribution in [0.3, 0.4) is 0 Å². The van der Waals surface area contributed by atoms with Crippen molar-refractivity contribution in [1.29, 1.82) is 0 Å². The zero-order valence-corrected chi connectivity index (χ0v) is 12.9. The van der Waals surface area contributed by atoms with Gasteiger partial charge in [0.15, 0.2) is 0 Å². The van der Waals surface area contributed by atoms with E-state index in [4.69, 9.17) is 0 Å². The fourth-order valence-corrected chi connectivity index (χ4v) is 4.10. The first-order valence-corrected chi connectivity index (χ1v) is 8.72. The van der Waals surface area contributed by atoms with E-state index in [-0.39, 0.29) is 10.6 Å². The number of benzene rings is 1. The number of rotatable bonds is 5. The molecule has 0 heterocycles. The lowest BCUT2D eigenvalue weighted by Gasteiger charge is -2.12. The van der Waals surface area contributed by atoms with Gasteiger partial charge in [0.2, 0.25) is 0 Å². The SMILES string of the molecule is CCC(C)c1ccc(C(Br)CS(C)(=O)=O)cc1. The topological polar surface area (TPSA) is 34.1 Å². The van der Waals surface area contributed by atoms with Crippen LogP contribution < -0.4 is 0 Å². The van der Waals surface area contributed by atoms with Gasteiger partial charge in [0.1, 0.15) is 9.84 Å². The van der Waals surface area contributed by atoms with E-state index < -0.39 is 9.84 Å². The van der Waals surface area contributed by atoms with Crippen LogP contribution in [0, 0.1) is 0 Å². The van der Waals surface area contributed by atoms with Gasteiger partial charge in [-0.3, -0.25) is 0 Å². The fraction of sp³-hybridized carbons (Fsp3) is 0.538. The van der Waals surface area contributed by atoms with Gasteiger partial charge < -0.3 is 0 Å². The Morgan fingerprint density at radius 2 is 1.65 bits per heavy atom. The van der Waals surface area contributed by atoms with Crippen LogP contribution in [0.5, 0.6) is 0 Å². The second kappa shape index (κ2) is 6.01. The third-order valence-corrected chi connectivity index (χ3v) is 5.15. The molecule has 1 rings (SSSR count). The highest BCUT2D eigenvalue weighted by atomic mass is 79.9. The number of halogens is 1. The molecule has 96 valence electrons. The van der Waals surface area contributed by atoms with E-state index in [1.54, 1.807) is 0 Å². The standard InChI is InChI=1S/C13H19BrO2S/c1-4-10(2)11-5-7-12(8-6-11)13(14)9-17(3,15)16/h5-8,10,13H,4,9H2,1-3H3. The molecule has 0 spiro atoms. The van der Waals surface area contributed by atoms with Crippen LogP contribution in [-0.2, 0) is 9.84 Å². The molecule has 2 atom stereocenters. The second-order valence-electron chi connectivity index (χ2n) is 4.54. The summed E-state index contributed by atoms with van der Waals surface area (Å²) in [6, 6.07) is 8.18. The van der Waals surface area contributed by atoms with E-state index >= 15 is 0 Å². The van der Waals surface area contributed by atoms with Crippen molar-refractivity contribution in [2.75, 3.05) is 12.0 Å². The number of hydrogen-bond donors (Lipinski definition) is 0. The maximum atomic E-state index is 11.2. The monoisotopic (exact) mass is 318 g/mol. The molecule has 0 aliphatic heterocycles. The lowest BCUT2D eigenvalue weighted by molar-refractivity contribution is 0.601. The molecule has 2 unspecified atom stereocenters. The molecule has 1 aromatic rings. The van der Waals surface area contributed by atoms with E-state index in [0.29, 0.717) is 5.92 Å². The van der Waals surface area contributed by atoms with Crippen LogP contribution in [0.2, 0.25) is 0 Å². The molecule has 17 heavy (non-hydrogen) atoms. The average molecular weight is 319 g/mol. The summed E-state index contributed by atoms with van der Waals surface area (Å²) in [5, 5.41) is 0. The van der Waals surface area contributed by atoms with Gasteiger partial charge in [-0.25, -0.2) is 8.42 Å². The highest BCUT2D eigenvalue weighted by Crippen LogP contribution is 2.26. The Kier molecular flexibility index (Phi) is 5.20. The Hall–Kier alpha value is -0.350. The summed E-state index contributed by atoms with van der Waals surface area (Å²) in [4.78, 5) is -0.122. The fourth-order valence-electron chi connectivity index (χ4n) is 1.63. The van der Waals surface area contributed by atoms with Crippen molar-refractivity contribution in [3.05, 3.63) is 35.4 Å². The molecule has 2 nitrogen and oxygen atoms in total. The molecule has 0 saturated carbocycles. The number of alkyl halides is 1. The molecule has 0 radical (unpaired) electrons. The lowest BCUT2D eigenvalue weighted by atomic mass is 9.97. The Balaban J connectivity index is 2.80. The molecule has 0 saturated heterocycles. The van der Waals surface area contributed by atoms with Crippen molar-refractivity contribution < 1.29 is 8.42 Å².